The minimum Gasteiger partial charge on any atom is -0.467 e. The van der Waals surface area contributed by atoms with E-state index in [-0.39, 0.29) is 0 Å². The van der Waals surface area contributed by atoms with Gasteiger partial charge in [0.25, 0.3) is 10.3 Å². The summed E-state index contributed by atoms with van der Waals surface area (Å²) in [4.78, 5) is 10.5. The molecular weight excluding hydrogens is 180 g/mol. The number of hydrogen-bond acceptors (Lipinski definition) is 4. The molecule has 2 atom stereocenters. The Morgan fingerprint density at radius 3 is 2.50 bits per heavy atom. The Labute approximate surface area is 65.6 Å². The summed E-state index contributed by atoms with van der Waals surface area (Å²) in [6.07, 6.45) is -0.886. The van der Waals surface area contributed by atoms with Crippen LogP contribution in [0.3, 0.4) is 0 Å². The van der Waals surface area contributed by atoms with E-state index >= 15 is 0 Å². The molecule has 0 aromatic carbocycles. The van der Waals surface area contributed by atoms with Crippen LogP contribution in [0.25, 0.3) is 0 Å². The highest BCUT2D eigenvalue weighted by Gasteiger charge is 2.15. The monoisotopic (exact) mass is 186 g/mol. The average Bonchev–Trinajstić information content (AvgIpc) is 1.85. The average molecular weight is 187 g/mol. The van der Waals surface area contributed by atoms with Gasteiger partial charge in [-0.05, 0) is 6.92 Å². The molecule has 0 saturated carbocycles. The van der Waals surface area contributed by atoms with E-state index in [1.165, 1.54) is 14.0 Å². The van der Waals surface area contributed by atoms with Crippen LogP contribution in [0.2, 0.25) is 0 Å². The van der Waals surface area contributed by atoms with E-state index in [4.69, 9.17) is 10.7 Å². The Balaban J connectivity index is 3.72. The van der Waals surface area contributed by atoms with E-state index in [2.05, 4.69) is 8.92 Å². The van der Waals surface area contributed by atoms with Crippen molar-refractivity contribution >= 4 is 26.9 Å². The number of methoxy groups -OCH3 is 1. The van der Waals surface area contributed by atoms with Crippen molar-refractivity contribution in [2.24, 2.45) is 0 Å². The van der Waals surface area contributed by atoms with Gasteiger partial charge in [0, 0.05) is 10.7 Å². The first-order chi connectivity index (χ1) is 4.57. The Morgan fingerprint density at radius 1 is 1.70 bits per heavy atom. The number of ether oxygens (including phenoxy) is 1. The number of rotatable bonds is 3. The maximum atomic E-state index is 10.5. The Kier molecular flexibility index (Phi) is 4.59. The third kappa shape index (κ3) is 3.81. The molecule has 0 bridgehead atoms. The molecule has 0 spiro atoms. The largest absolute Gasteiger partial charge is 0.467 e. The van der Waals surface area contributed by atoms with E-state index in [0.717, 1.165) is 0 Å². The van der Waals surface area contributed by atoms with Gasteiger partial charge in [0.05, 0.1) is 7.11 Å². The molecule has 0 heterocycles. The summed E-state index contributed by atoms with van der Waals surface area (Å²) < 4.78 is 18.7. The van der Waals surface area contributed by atoms with E-state index in [1.54, 1.807) is 0 Å². The van der Waals surface area contributed by atoms with Crippen molar-refractivity contribution in [1.29, 1.82) is 0 Å². The molecule has 6 heteroatoms. The van der Waals surface area contributed by atoms with Crippen LogP contribution in [-0.2, 0) is 24.0 Å². The highest BCUT2D eigenvalue weighted by molar-refractivity contribution is 8.04. The van der Waals surface area contributed by atoms with Crippen LogP contribution < -0.4 is 0 Å². The number of hydrogen-bond donors (Lipinski definition) is 0. The van der Waals surface area contributed by atoms with Gasteiger partial charge in [-0.15, -0.1) is 0 Å². The highest BCUT2D eigenvalue weighted by atomic mass is 35.7. The Hall–Kier alpha value is -0.130. The summed E-state index contributed by atoms with van der Waals surface area (Å²) in [7, 11) is 4.18. The third-order valence-corrected chi connectivity index (χ3v) is 1.41. The van der Waals surface area contributed by atoms with Crippen molar-refractivity contribution in [3.8, 4) is 0 Å². The zero-order chi connectivity index (χ0) is 8.15. The van der Waals surface area contributed by atoms with E-state index < -0.39 is 22.4 Å². The van der Waals surface area contributed by atoms with Crippen LogP contribution in [0.1, 0.15) is 6.92 Å². The second-order valence-electron chi connectivity index (χ2n) is 1.46. The molecule has 0 fully saturated rings. The predicted molar refractivity (Wildman–Crippen MR) is 36.6 cm³/mol. The maximum Gasteiger partial charge on any atom is 0.336 e. The van der Waals surface area contributed by atoms with Gasteiger partial charge in [-0.2, -0.15) is 0 Å². The third-order valence-electron chi connectivity index (χ3n) is 0.753. The van der Waals surface area contributed by atoms with Gasteiger partial charge < -0.3 is 4.74 Å². The maximum absolute atomic E-state index is 10.5. The van der Waals surface area contributed by atoms with Gasteiger partial charge >= 0.3 is 5.97 Å². The molecule has 0 saturated heterocycles. The van der Waals surface area contributed by atoms with Gasteiger partial charge in [-0.1, -0.05) is 0 Å². The molecular formula is C4H7ClO4S. The zero-order valence-corrected chi connectivity index (χ0v) is 7.07. The summed E-state index contributed by atoms with van der Waals surface area (Å²) in [5, 5.41) is 0. The molecule has 0 aliphatic heterocycles. The number of carbonyl (C=O) groups is 1. The minimum atomic E-state index is -1.95. The smallest absolute Gasteiger partial charge is 0.336 e. The molecule has 0 amide bonds. The molecule has 0 aliphatic carbocycles. The van der Waals surface area contributed by atoms with Gasteiger partial charge in [0.15, 0.2) is 6.10 Å². The van der Waals surface area contributed by atoms with Gasteiger partial charge in [0.2, 0.25) is 0 Å². The van der Waals surface area contributed by atoms with Crippen molar-refractivity contribution < 1.29 is 17.9 Å². The zero-order valence-electron chi connectivity index (χ0n) is 5.50. The van der Waals surface area contributed by atoms with Crippen LogP contribution in [0.15, 0.2) is 0 Å². The second kappa shape index (κ2) is 4.65. The fourth-order valence-electron chi connectivity index (χ4n) is 0.319. The first-order valence-electron chi connectivity index (χ1n) is 2.41. The first-order valence-corrected chi connectivity index (χ1v) is 4.31. The van der Waals surface area contributed by atoms with Crippen LogP contribution in [0.4, 0.5) is 0 Å². The van der Waals surface area contributed by atoms with Crippen LogP contribution in [0.5, 0.6) is 0 Å². The quantitative estimate of drug-likeness (QED) is 0.473. The normalized spacial score (nSPS) is 15.9. The summed E-state index contributed by atoms with van der Waals surface area (Å²) in [5.41, 5.74) is 0. The number of carbonyl (C=O) groups excluding carboxylic acids is 1. The van der Waals surface area contributed by atoms with Crippen molar-refractivity contribution in [2.45, 2.75) is 13.0 Å². The topological polar surface area (TPSA) is 52.6 Å². The van der Waals surface area contributed by atoms with Gasteiger partial charge in [0.1, 0.15) is 0 Å². The van der Waals surface area contributed by atoms with Crippen LogP contribution >= 0.6 is 10.7 Å². The molecule has 60 valence electrons. The highest BCUT2D eigenvalue weighted by Crippen LogP contribution is 1.99. The second-order valence-corrected chi connectivity index (χ2v) is 2.79. The summed E-state index contributed by atoms with van der Waals surface area (Å²) in [6, 6.07) is 0. The number of esters is 1. The molecule has 0 radical (unpaired) electrons. The SMILES string of the molecule is COC(=O)C(C)O[S@](=O)Cl. The lowest BCUT2D eigenvalue weighted by Crippen LogP contribution is -2.21. The Morgan fingerprint density at radius 2 is 2.20 bits per heavy atom. The van der Waals surface area contributed by atoms with Crippen LogP contribution in [0, 0.1) is 0 Å². The first kappa shape index (κ1) is 9.87. The lowest BCUT2D eigenvalue weighted by atomic mass is 10.4. The molecule has 1 unspecified atom stereocenters. The van der Waals surface area contributed by atoms with E-state index in [0.29, 0.717) is 0 Å². The minimum absolute atomic E-state index is 0.603. The Bertz CT molecular complexity index is 148. The summed E-state index contributed by atoms with van der Waals surface area (Å²) in [6.45, 7) is 1.39. The standard InChI is InChI=1S/C4H7ClO4S/c1-3(4(6)8-2)9-10(5)7/h3H,1-2H3/t3?,10-/m0/s1. The molecule has 0 N–H and O–H groups in total. The fraction of sp³-hybridized carbons (Fsp3) is 0.750. The van der Waals surface area contributed by atoms with Crippen LogP contribution in [-0.4, -0.2) is 23.4 Å². The van der Waals surface area contributed by atoms with E-state index in [9.17, 15) is 9.00 Å². The molecule has 4 nitrogen and oxygen atoms in total. The van der Waals surface area contributed by atoms with Crippen molar-refractivity contribution in [1.82, 2.24) is 0 Å². The molecule has 0 aromatic rings. The van der Waals surface area contributed by atoms with Gasteiger partial charge in [-0.25, -0.2) is 9.00 Å². The van der Waals surface area contributed by atoms with Crippen molar-refractivity contribution in [3.05, 3.63) is 0 Å². The lowest BCUT2D eigenvalue weighted by molar-refractivity contribution is -0.147. The van der Waals surface area contributed by atoms with Gasteiger partial charge in [-0.3, -0.25) is 4.18 Å². The summed E-state index contributed by atoms with van der Waals surface area (Å²) >= 11 is 0. The lowest BCUT2D eigenvalue weighted by Gasteiger charge is -2.04. The molecule has 10 heavy (non-hydrogen) atoms. The summed E-state index contributed by atoms with van der Waals surface area (Å²) in [5.74, 6) is -0.603. The van der Waals surface area contributed by atoms with Crippen molar-refractivity contribution in [2.75, 3.05) is 7.11 Å². The molecule has 0 aromatic heterocycles. The molecule has 0 rings (SSSR count). The predicted octanol–water partition coefficient (Wildman–Crippen LogP) is 0.382. The fourth-order valence-corrected chi connectivity index (χ4v) is 0.952. The van der Waals surface area contributed by atoms with Crippen molar-refractivity contribution in [3.63, 3.8) is 0 Å². The molecule has 0 aliphatic rings. The number of halogens is 1. The van der Waals surface area contributed by atoms with E-state index in [1.807, 2.05) is 0 Å².